The van der Waals surface area contributed by atoms with Gasteiger partial charge in [-0.25, -0.2) is 0 Å². The topological polar surface area (TPSA) is 43.4 Å². The Bertz CT molecular complexity index is 407. The zero-order valence-corrected chi connectivity index (χ0v) is 8.00. The Kier molecular flexibility index (Phi) is 0.659. The van der Waals surface area contributed by atoms with E-state index in [0.717, 1.165) is 35.5 Å². The van der Waals surface area contributed by atoms with Crippen LogP contribution in [0.1, 0.15) is 0 Å². The molecule has 0 spiro atoms. The van der Waals surface area contributed by atoms with Gasteiger partial charge in [-0.1, -0.05) is 0 Å². The molecule has 0 radical (unpaired) electrons. The number of ether oxygens (including phenoxy) is 1. The van der Waals surface area contributed by atoms with Gasteiger partial charge in [-0.2, -0.15) is 0 Å². The van der Waals surface area contributed by atoms with Gasteiger partial charge in [-0.05, 0) is 47.3 Å². The molecule has 76 valence electrons. The molecular weight excluding hydrogens is 192 g/mol. The second-order valence-corrected chi connectivity index (χ2v) is 6.41. The minimum absolute atomic E-state index is 0.0116. The number of hydrogen-bond acceptors (Lipinski definition) is 3. The summed E-state index contributed by atoms with van der Waals surface area (Å²) in [6, 6.07) is 0. The maximum Gasteiger partial charge on any atom is 0.317 e. The van der Waals surface area contributed by atoms with Crippen molar-refractivity contribution in [3.8, 4) is 0 Å². The molecule has 2 bridgehead atoms. The highest BCUT2D eigenvalue weighted by Crippen LogP contribution is 2.93. The van der Waals surface area contributed by atoms with Crippen LogP contribution in [0.25, 0.3) is 0 Å². The highest BCUT2D eigenvalue weighted by molar-refractivity contribution is 5.98. The van der Waals surface area contributed by atoms with E-state index in [2.05, 4.69) is 0 Å². The van der Waals surface area contributed by atoms with Crippen LogP contribution in [0, 0.1) is 59.2 Å². The van der Waals surface area contributed by atoms with Gasteiger partial charge in [-0.15, -0.1) is 0 Å². The number of esters is 2. The zero-order chi connectivity index (χ0) is 9.64. The molecule has 1 saturated heterocycles. The van der Waals surface area contributed by atoms with Crippen LogP contribution in [0.3, 0.4) is 0 Å². The van der Waals surface area contributed by atoms with Crippen molar-refractivity contribution in [1.29, 1.82) is 0 Å². The predicted octanol–water partition coefficient (Wildman–Crippen LogP) is 0.300. The third kappa shape index (κ3) is 0.409. The second kappa shape index (κ2) is 1.48. The van der Waals surface area contributed by atoms with Gasteiger partial charge in [0.2, 0.25) is 0 Å². The van der Waals surface area contributed by atoms with Gasteiger partial charge in [0, 0.05) is 0 Å². The average molecular weight is 202 g/mol. The third-order valence-electron chi connectivity index (χ3n) is 6.57. The molecule has 1 heterocycles. The standard InChI is InChI=1S/C12H10O3/c13-11-9-7-3-1-2-5(7)6(2)8(4(1)3)10(9)12(14)15-11/h1-10H/t1?,2?,3-,4-,5-,6+,7?,8?,9+,10+/m0/s1. The first-order chi connectivity index (χ1) is 7.30. The lowest BCUT2D eigenvalue weighted by molar-refractivity contribution is -0.154. The molecule has 3 heteroatoms. The van der Waals surface area contributed by atoms with Crippen molar-refractivity contribution in [1.82, 2.24) is 0 Å². The molecule has 4 unspecified atom stereocenters. The number of hydrogen-bond donors (Lipinski definition) is 0. The Balaban J connectivity index is 1.65. The Morgan fingerprint density at radius 1 is 0.600 bits per heavy atom. The van der Waals surface area contributed by atoms with E-state index < -0.39 is 0 Å². The van der Waals surface area contributed by atoms with E-state index in [4.69, 9.17) is 4.74 Å². The van der Waals surface area contributed by atoms with Gasteiger partial charge in [0.15, 0.2) is 0 Å². The number of rotatable bonds is 0. The average Bonchev–Trinajstić information content (AvgIpc) is 2.99. The minimum Gasteiger partial charge on any atom is -0.393 e. The summed E-state index contributed by atoms with van der Waals surface area (Å²) in [5.74, 6) is 5.90. The number of cyclic esters (lactones) is 2. The molecule has 10 atom stereocenters. The Hall–Kier alpha value is -0.860. The molecule has 7 aliphatic rings. The molecule has 0 aromatic heterocycles. The Morgan fingerprint density at radius 3 is 1.33 bits per heavy atom. The van der Waals surface area contributed by atoms with Crippen LogP contribution in [0.5, 0.6) is 0 Å². The second-order valence-electron chi connectivity index (χ2n) is 6.41. The molecule has 6 aliphatic carbocycles. The van der Waals surface area contributed by atoms with E-state index in [1.165, 1.54) is 0 Å². The van der Waals surface area contributed by atoms with Crippen LogP contribution in [0.2, 0.25) is 0 Å². The first kappa shape index (κ1) is 6.66. The van der Waals surface area contributed by atoms with Crippen LogP contribution in [0.4, 0.5) is 0 Å². The smallest absolute Gasteiger partial charge is 0.317 e. The summed E-state index contributed by atoms with van der Waals surface area (Å²) >= 11 is 0. The van der Waals surface area contributed by atoms with Crippen molar-refractivity contribution in [3.63, 3.8) is 0 Å². The van der Waals surface area contributed by atoms with Gasteiger partial charge in [0.25, 0.3) is 0 Å². The molecule has 3 nitrogen and oxygen atoms in total. The van der Waals surface area contributed by atoms with Crippen LogP contribution in [0.15, 0.2) is 0 Å². The Morgan fingerprint density at radius 2 is 0.933 bits per heavy atom. The van der Waals surface area contributed by atoms with Gasteiger partial charge in [0.1, 0.15) is 0 Å². The van der Waals surface area contributed by atoms with Crippen molar-refractivity contribution in [2.75, 3.05) is 0 Å². The largest absolute Gasteiger partial charge is 0.393 e. The minimum atomic E-state index is -0.185. The summed E-state index contributed by atoms with van der Waals surface area (Å²) in [5.41, 5.74) is 0. The normalized spacial score (nSPS) is 78.1. The van der Waals surface area contributed by atoms with E-state index in [1.54, 1.807) is 0 Å². The van der Waals surface area contributed by atoms with E-state index in [0.29, 0.717) is 11.8 Å². The monoisotopic (exact) mass is 202 g/mol. The van der Waals surface area contributed by atoms with Crippen molar-refractivity contribution in [3.05, 3.63) is 0 Å². The molecule has 15 heavy (non-hydrogen) atoms. The van der Waals surface area contributed by atoms with Crippen LogP contribution < -0.4 is 0 Å². The molecule has 1 aliphatic heterocycles. The highest BCUT2D eigenvalue weighted by Gasteiger charge is 2.93. The molecule has 7 fully saturated rings. The number of carbonyl (C=O) groups is 2. The Labute approximate surface area is 86.2 Å². The molecule has 6 saturated carbocycles. The molecule has 0 aromatic carbocycles. The lowest BCUT2D eigenvalue weighted by atomic mass is 9.59. The van der Waals surface area contributed by atoms with Crippen molar-refractivity contribution in [2.45, 2.75) is 0 Å². The molecule has 0 aromatic rings. The quantitative estimate of drug-likeness (QED) is 0.419. The molecule has 0 amide bonds. The summed E-state index contributed by atoms with van der Waals surface area (Å²) in [4.78, 5) is 23.4. The zero-order valence-electron chi connectivity index (χ0n) is 8.00. The van der Waals surface area contributed by atoms with E-state index >= 15 is 0 Å². The van der Waals surface area contributed by atoms with Gasteiger partial charge in [-0.3, -0.25) is 9.59 Å². The van der Waals surface area contributed by atoms with Crippen LogP contribution in [-0.2, 0) is 14.3 Å². The fraction of sp³-hybridized carbons (Fsp3) is 0.833. The molecular formula is C12H10O3. The SMILES string of the molecule is O=C1OC(=O)[C@@H]2C3[C@H]4C5C6[C@H](C([C@@H]54)[C@@H]12)[C@@H]63. The predicted molar refractivity (Wildman–Crippen MR) is 46.0 cm³/mol. The lowest BCUT2D eigenvalue weighted by Crippen LogP contribution is -2.45. The van der Waals surface area contributed by atoms with Crippen LogP contribution >= 0.6 is 0 Å². The third-order valence-corrected chi connectivity index (χ3v) is 6.57. The lowest BCUT2D eigenvalue weighted by Gasteiger charge is -2.40. The first-order valence-electron chi connectivity index (χ1n) is 6.06. The summed E-state index contributed by atoms with van der Waals surface area (Å²) in [5, 5.41) is 0. The fourth-order valence-electron chi connectivity index (χ4n) is 6.64. The highest BCUT2D eigenvalue weighted by atomic mass is 16.6. The van der Waals surface area contributed by atoms with Crippen molar-refractivity contribution in [2.24, 2.45) is 59.2 Å². The van der Waals surface area contributed by atoms with Gasteiger partial charge < -0.3 is 4.74 Å². The summed E-state index contributed by atoms with van der Waals surface area (Å²) in [6.45, 7) is 0. The molecule has 0 N–H and O–H groups in total. The molecule has 7 rings (SSSR count). The van der Waals surface area contributed by atoms with Gasteiger partial charge >= 0.3 is 11.9 Å². The van der Waals surface area contributed by atoms with Gasteiger partial charge in [0.05, 0.1) is 11.8 Å². The maximum atomic E-state index is 11.7. The van der Waals surface area contributed by atoms with E-state index in [9.17, 15) is 9.59 Å². The van der Waals surface area contributed by atoms with E-state index in [-0.39, 0.29) is 23.8 Å². The van der Waals surface area contributed by atoms with Crippen molar-refractivity contribution < 1.29 is 14.3 Å². The summed E-state index contributed by atoms with van der Waals surface area (Å²) in [7, 11) is 0. The fourth-order valence-corrected chi connectivity index (χ4v) is 6.64. The summed E-state index contributed by atoms with van der Waals surface area (Å²) < 4.78 is 4.86. The summed E-state index contributed by atoms with van der Waals surface area (Å²) in [6.07, 6.45) is 0. The van der Waals surface area contributed by atoms with Crippen molar-refractivity contribution >= 4 is 11.9 Å². The van der Waals surface area contributed by atoms with E-state index in [1.807, 2.05) is 0 Å². The number of carbonyl (C=O) groups excluding carboxylic acids is 2. The van der Waals surface area contributed by atoms with Crippen LogP contribution in [-0.4, -0.2) is 11.9 Å². The maximum absolute atomic E-state index is 11.7. The first-order valence-corrected chi connectivity index (χ1v) is 6.06.